The van der Waals surface area contributed by atoms with Crippen molar-refractivity contribution in [1.29, 1.82) is 0 Å². The maximum atomic E-state index is 6.01. The van der Waals surface area contributed by atoms with Gasteiger partial charge in [-0.1, -0.05) is 35.9 Å². The average Bonchev–Trinajstić information content (AvgIpc) is 3.18. The maximum Gasteiger partial charge on any atom is 0.271 e. The van der Waals surface area contributed by atoms with Gasteiger partial charge in [-0.2, -0.15) is 4.37 Å². The number of piperazine rings is 1. The van der Waals surface area contributed by atoms with Crippen LogP contribution in [0.5, 0.6) is 5.88 Å². The van der Waals surface area contributed by atoms with Gasteiger partial charge in [0.2, 0.25) is 5.82 Å². The number of nitrogens with zero attached hydrogens (tertiary/aromatic N) is 5. The Morgan fingerprint density at radius 1 is 1.03 bits per heavy atom. The van der Waals surface area contributed by atoms with Crippen molar-refractivity contribution in [3.05, 3.63) is 59.3 Å². The van der Waals surface area contributed by atoms with Crippen LogP contribution in [0.1, 0.15) is 24.0 Å². The molecule has 4 rings (SSSR count). The Kier molecular flexibility index (Phi) is 6.69. The smallest absolute Gasteiger partial charge is 0.271 e. The van der Waals surface area contributed by atoms with E-state index in [0.29, 0.717) is 12.5 Å². The Balaban J connectivity index is 1.31. The highest BCUT2D eigenvalue weighted by molar-refractivity contribution is 6.99. The molecule has 2 aromatic rings. The zero-order valence-electron chi connectivity index (χ0n) is 16.8. The summed E-state index contributed by atoms with van der Waals surface area (Å²) in [6.07, 6.45) is 9.90. The van der Waals surface area contributed by atoms with Gasteiger partial charge < -0.3 is 9.64 Å². The van der Waals surface area contributed by atoms with E-state index in [-0.39, 0.29) is 0 Å². The summed E-state index contributed by atoms with van der Waals surface area (Å²) in [6.45, 7) is 7.51. The molecule has 2 aliphatic rings. The van der Waals surface area contributed by atoms with Crippen molar-refractivity contribution >= 4 is 23.8 Å². The van der Waals surface area contributed by atoms with Crippen LogP contribution in [0, 0.1) is 6.92 Å². The fourth-order valence-electron chi connectivity index (χ4n) is 3.47. The summed E-state index contributed by atoms with van der Waals surface area (Å²) in [4.78, 5) is 9.00. The molecule has 0 saturated carbocycles. The van der Waals surface area contributed by atoms with Crippen LogP contribution >= 0.6 is 11.7 Å². The van der Waals surface area contributed by atoms with Gasteiger partial charge in [-0.15, -0.1) is 4.37 Å². The largest absolute Gasteiger partial charge is 0.470 e. The van der Waals surface area contributed by atoms with Crippen LogP contribution in [0.3, 0.4) is 0 Å². The van der Waals surface area contributed by atoms with Crippen molar-refractivity contribution in [3.63, 3.8) is 0 Å². The van der Waals surface area contributed by atoms with E-state index >= 15 is 0 Å². The minimum atomic E-state index is 0.498. The quantitative estimate of drug-likeness (QED) is 0.725. The van der Waals surface area contributed by atoms with Crippen molar-refractivity contribution in [2.24, 2.45) is 4.99 Å². The van der Waals surface area contributed by atoms with Crippen molar-refractivity contribution < 1.29 is 4.74 Å². The molecule has 0 unspecified atom stereocenters. The lowest BCUT2D eigenvalue weighted by Crippen LogP contribution is -2.46. The van der Waals surface area contributed by atoms with Gasteiger partial charge in [0.1, 0.15) is 6.61 Å². The first-order valence-corrected chi connectivity index (χ1v) is 10.9. The van der Waals surface area contributed by atoms with Gasteiger partial charge in [0.15, 0.2) is 0 Å². The Labute approximate surface area is 176 Å². The highest BCUT2D eigenvalue weighted by atomic mass is 32.1. The highest BCUT2D eigenvalue weighted by Crippen LogP contribution is 2.27. The van der Waals surface area contributed by atoms with Gasteiger partial charge in [0.25, 0.3) is 5.88 Å². The number of hydrogen-bond acceptors (Lipinski definition) is 7. The number of rotatable bonds is 6. The summed E-state index contributed by atoms with van der Waals surface area (Å²) in [5, 5.41) is 0. The molecule has 1 saturated heterocycles. The third-order valence-corrected chi connectivity index (χ3v) is 5.70. The molecule has 152 valence electrons. The van der Waals surface area contributed by atoms with Crippen LogP contribution in [-0.2, 0) is 6.54 Å². The highest BCUT2D eigenvalue weighted by Gasteiger charge is 2.23. The van der Waals surface area contributed by atoms with Gasteiger partial charge in [-0.05, 0) is 37.0 Å². The number of aromatic nitrogens is 2. The van der Waals surface area contributed by atoms with E-state index in [0.717, 1.165) is 57.0 Å². The van der Waals surface area contributed by atoms with Crippen LogP contribution < -0.4 is 9.64 Å². The molecule has 0 atom stereocenters. The molecule has 0 radical (unpaired) electrons. The predicted molar refractivity (Wildman–Crippen MR) is 119 cm³/mol. The molecule has 29 heavy (non-hydrogen) atoms. The molecule has 0 amide bonds. The first kappa shape index (κ1) is 19.8. The van der Waals surface area contributed by atoms with Crippen molar-refractivity contribution in [2.75, 3.05) is 37.7 Å². The molecule has 3 heterocycles. The Bertz CT molecular complexity index is 879. The van der Waals surface area contributed by atoms with E-state index in [4.69, 9.17) is 4.74 Å². The number of hydrogen-bond donors (Lipinski definition) is 0. The number of benzene rings is 1. The molecule has 0 N–H and O–H groups in total. The second-order valence-electron chi connectivity index (χ2n) is 7.43. The molecule has 0 bridgehead atoms. The van der Waals surface area contributed by atoms with Gasteiger partial charge in [0, 0.05) is 45.1 Å². The van der Waals surface area contributed by atoms with Crippen LogP contribution in [0.4, 0.5) is 5.82 Å². The minimum absolute atomic E-state index is 0.498. The second kappa shape index (κ2) is 9.80. The number of anilines is 1. The molecule has 7 heteroatoms. The number of aliphatic imine (C=N–C) groups is 1. The van der Waals surface area contributed by atoms with Gasteiger partial charge in [0.05, 0.1) is 11.7 Å². The lowest BCUT2D eigenvalue weighted by molar-refractivity contribution is 0.248. The van der Waals surface area contributed by atoms with E-state index in [9.17, 15) is 0 Å². The maximum absolute atomic E-state index is 6.01. The monoisotopic (exact) mass is 409 g/mol. The molecular weight excluding hydrogens is 382 g/mol. The summed E-state index contributed by atoms with van der Waals surface area (Å²) >= 11 is 1.22. The lowest BCUT2D eigenvalue weighted by Gasteiger charge is -2.34. The summed E-state index contributed by atoms with van der Waals surface area (Å²) in [5.41, 5.74) is 3.80. The summed E-state index contributed by atoms with van der Waals surface area (Å²) in [6, 6.07) is 8.82. The lowest BCUT2D eigenvalue weighted by atomic mass is 10.1. The van der Waals surface area contributed by atoms with E-state index in [1.807, 2.05) is 18.5 Å². The fourth-order valence-corrected chi connectivity index (χ4v) is 3.99. The van der Waals surface area contributed by atoms with E-state index < -0.39 is 0 Å². The Hall–Kier alpha value is -2.51. The number of allylic oxidation sites excluding steroid dienone is 1. The standard InChI is InChI=1S/C22H27N5OS/c1-18-5-7-19(8-6-18)16-26-12-14-27(15-13-26)21-22(25-29-24-21)28-17-20-4-2-3-10-23-11-9-20/h4-11H,2-3,12-17H2,1H3/b11-9-,20-4+,23-10?. The van der Waals surface area contributed by atoms with E-state index in [1.165, 1.54) is 22.9 Å². The molecule has 0 spiro atoms. The van der Waals surface area contributed by atoms with Crippen LogP contribution in [0.15, 0.2) is 53.2 Å². The predicted octanol–water partition coefficient (Wildman–Crippen LogP) is 3.85. The molecule has 1 aromatic heterocycles. The van der Waals surface area contributed by atoms with Crippen LogP contribution in [-0.4, -0.2) is 52.6 Å². The first-order chi connectivity index (χ1) is 14.3. The summed E-state index contributed by atoms with van der Waals surface area (Å²) in [7, 11) is 0. The van der Waals surface area contributed by atoms with Gasteiger partial charge in [-0.25, -0.2) is 0 Å². The summed E-state index contributed by atoms with van der Waals surface area (Å²) in [5.74, 6) is 1.51. The fraction of sp³-hybridized carbons (Fsp3) is 0.409. The van der Waals surface area contributed by atoms with E-state index in [1.54, 1.807) is 0 Å². The molecule has 1 fully saturated rings. The molecule has 0 aliphatic carbocycles. The topological polar surface area (TPSA) is 53.9 Å². The zero-order valence-corrected chi connectivity index (χ0v) is 17.6. The SMILES string of the molecule is Cc1ccc(CN2CCN(c3nsnc3OCC3=C/CCC=N/C=C\3)CC2)cc1. The van der Waals surface area contributed by atoms with Gasteiger partial charge in [-0.3, -0.25) is 9.89 Å². The van der Waals surface area contributed by atoms with Crippen molar-refractivity contribution in [3.8, 4) is 5.88 Å². The number of ether oxygens (including phenoxy) is 1. The molecule has 6 nitrogen and oxygen atoms in total. The number of aryl methyl sites for hydroxylation is 1. The van der Waals surface area contributed by atoms with Crippen LogP contribution in [0.2, 0.25) is 0 Å². The first-order valence-electron chi connectivity index (χ1n) is 10.1. The minimum Gasteiger partial charge on any atom is -0.470 e. The molecular formula is C22H27N5OS. The van der Waals surface area contributed by atoms with Gasteiger partial charge >= 0.3 is 0 Å². The third kappa shape index (κ3) is 5.52. The van der Waals surface area contributed by atoms with Crippen LogP contribution in [0.25, 0.3) is 0 Å². The van der Waals surface area contributed by atoms with E-state index in [2.05, 4.69) is 60.8 Å². The summed E-state index contributed by atoms with van der Waals surface area (Å²) < 4.78 is 14.9. The zero-order chi connectivity index (χ0) is 19.9. The average molecular weight is 410 g/mol. The molecule has 2 aliphatic heterocycles. The Morgan fingerprint density at radius 3 is 2.69 bits per heavy atom. The van der Waals surface area contributed by atoms with Crippen molar-refractivity contribution in [2.45, 2.75) is 26.3 Å². The van der Waals surface area contributed by atoms with Crippen molar-refractivity contribution in [1.82, 2.24) is 13.6 Å². The third-order valence-electron chi connectivity index (χ3n) is 5.20. The molecule has 1 aromatic carbocycles. The second-order valence-corrected chi connectivity index (χ2v) is 7.96. The Morgan fingerprint density at radius 2 is 1.86 bits per heavy atom. The normalized spacial score (nSPS) is 20.6.